The van der Waals surface area contributed by atoms with Crippen LogP contribution < -0.4 is 11.1 Å². The van der Waals surface area contributed by atoms with E-state index in [1.807, 2.05) is 19.2 Å². The van der Waals surface area contributed by atoms with E-state index >= 15 is 0 Å². The monoisotopic (exact) mass is 400 g/mol. The quantitative estimate of drug-likeness (QED) is 0.532. The molecular formula is C22H24N8. The summed E-state index contributed by atoms with van der Waals surface area (Å²) in [5, 5.41) is 7.93. The maximum Gasteiger partial charge on any atom is 0.166 e. The molecule has 0 radical (unpaired) electrons. The predicted molar refractivity (Wildman–Crippen MR) is 117 cm³/mol. The minimum Gasteiger partial charge on any atom is -0.382 e. The van der Waals surface area contributed by atoms with Crippen molar-refractivity contribution in [2.75, 3.05) is 24.1 Å². The maximum atomic E-state index is 6.18. The normalized spacial score (nSPS) is 16.9. The molecule has 3 N–H and O–H groups in total. The third-order valence-corrected chi connectivity index (χ3v) is 5.43. The van der Waals surface area contributed by atoms with E-state index in [4.69, 9.17) is 5.73 Å². The van der Waals surface area contributed by atoms with Crippen molar-refractivity contribution in [1.82, 2.24) is 29.5 Å². The fraction of sp³-hybridized carbons (Fsp3) is 0.273. The number of aromatic nitrogens is 5. The third-order valence-electron chi connectivity index (χ3n) is 5.43. The number of nitrogen functional groups attached to an aromatic ring is 1. The number of nitrogens with one attached hydrogen (secondary N) is 1. The van der Waals surface area contributed by atoms with Crippen molar-refractivity contribution in [3.63, 3.8) is 0 Å². The number of hydrogen-bond acceptors (Lipinski definition) is 7. The van der Waals surface area contributed by atoms with Gasteiger partial charge in [0, 0.05) is 44.1 Å². The lowest BCUT2D eigenvalue weighted by Gasteiger charge is -2.17. The lowest BCUT2D eigenvalue weighted by Crippen LogP contribution is -2.26. The molecule has 5 rings (SSSR count). The molecule has 0 amide bonds. The summed E-state index contributed by atoms with van der Waals surface area (Å²) in [5.41, 5.74) is 10.7. The van der Waals surface area contributed by atoms with Crippen LogP contribution in [0.5, 0.6) is 0 Å². The molecule has 1 aliphatic rings. The highest BCUT2D eigenvalue weighted by Crippen LogP contribution is 2.29. The standard InChI is InChI=1S/C22H24N8/c1-15-10-24-22-20(21(23)28-30(22)11-15)18-9-19(26-14-25-18)27-17-7-8-29(13-17)12-16-5-3-2-4-6-16/h2-6,9-11,14,17H,7-8,12-13H2,1H3,(H2,23,28)(H,25,26,27). The number of hydrogen-bond donors (Lipinski definition) is 2. The molecule has 3 aromatic heterocycles. The van der Waals surface area contributed by atoms with Gasteiger partial charge in [-0.3, -0.25) is 4.90 Å². The Morgan fingerprint density at radius 2 is 2.03 bits per heavy atom. The van der Waals surface area contributed by atoms with Crippen LogP contribution in [0.1, 0.15) is 17.5 Å². The van der Waals surface area contributed by atoms with Crippen molar-refractivity contribution >= 4 is 17.3 Å². The Morgan fingerprint density at radius 1 is 1.17 bits per heavy atom. The SMILES string of the molecule is Cc1cnc2c(-c3cc(NC4CCN(Cc5ccccc5)C4)ncn3)c(N)nn2c1. The molecule has 8 heteroatoms. The van der Waals surface area contributed by atoms with Crippen molar-refractivity contribution in [2.24, 2.45) is 0 Å². The molecule has 1 aromatic carbocycles. The average Bonchev–Trinajstić information content (AvgIpc) is 3.31. The molecular weight excluding hydrogens is 376 g/mol. The van der Waals surface area contributed by atoms with Crippen LogP contribution in [0.15, 0.2) is 55.1 Å². The van der Waals surface area contributed by atoms with Gasteiger partial charge < -0.3 is 11.1 Å². The molecule has 4 heterocycles. The van der Waals surface area contributed by atoms with Gasteiger partial charge in [0.05, 0.1) is 11.3 Å². The van der Waals surface area contributed by atoms with Gasteiger partial charge in [0.25, 0.3) is 0 Å². The van der Waals surface area contributed by atoms with E-state index in [0.717, 1.165) is 48.7 Å². The molecule has 1 atom stereocenters. The largest absolute Gasteiger partial charge is 0.382 e. The minimum atomic E-state index is 0.346. The summed E-state index contributed by atoms with van der Waals surface area (Å²) in [6, 6.07) is 12.9. The Balaban J connectivity index is 1.32. The molecule has 8 nitrogen and oxygen atoms in total. The zero-order valence-electron chi connectivity index (χ0n) is 16.9. The Hall–Kier alpha value is -3.52. The van der Waals surface area contributed by atoms with Crippen LogP contribution in [-0.4, -0.2) is 48.6 Å². The highest BCUT2D eigenvalue weighted by molar-refractivity contribution is 5.84. The van der Waals surface area contributed by atoms with Gasteiger partial charge in [-0.15, -0.1) is 5.10 Å². The highest BCUT2D eigenvalue weighted by atomic mass is 15.3. The molecule has 1 saturated heterocycles. The van der Waals surface area contributed by atoms with Gasteiger partial charge in [0.2, 0.25) is 0 Å². The summed E-state index contributed by atoms with van der Waals surface area (Å²) in [6.07, 6.45) is 6.35. The van der Waals surface area contributed by atoms with Crippen LogP contribution >= 0.6 is 0 Å². The lowest BCUT2D eigenvalue weighted by atomic mass is 10.2. The number of fused-ring (bicyclic) bond motifs is 1. The molecule has 0 spiro atoms. The topological polar surface area (TPSA) is 97.3 Å². The van der Waals surface area contributed by atoms with Crippen LogP contribution in [0.3, 0.4) is 0 Å². The van der Waals surface area contributed by atoms with E-state index in [2.05, 4.69) is 60.6 Å². The van der Waals surface area contributed by atoms with Gasteiger partial charge >= 0.3 is 0 Å². The molecule has 0 bridgehead atoms. The number of nitrogens with two attached hydrogens (primary N) is 1. The zero-order chi connectivity index (χ0) is 20.5. The molecule has 1 fully saturated rings. The fourth-order valence-electron chi connectivity index (χ4n) is 4.01. The number of likely N-dealkylation sites (tertiary alicyclic amines) is 1. The van der Waals surface area contributed by atoms with E-state index < -0.39 is 0 Å². The Bertz CT molecular complexity index is 1170. The number of benzene rings is 1. The number of aryl methyl sites for hydroxylation is 1. The van der Waals surface area contributed by atoms with E-state index in [0.29, 0.717) is 17.5 Å². The van der Waals surface area contributed by atoms with Crippen LogP contribution in [0.25, 0.3) is 16.9 Å². The third kappa shape index (κ3) is 3.69. The highest BCUT2D eigenvalue weighted by Gasteiger charge is 2.23. The van der Waals surface area contributed by atoms with Gasteiger partial charge in [0.1, 0.15) is 12.1 Å². The summed E-state index contributed by atoms with van der Waals surface area (Å²) < 4.78 is 1.70. The Morgan fingerprint density at radius 3 is 2.90 bits per heavy atom. The molecule has 1 unspecified atom stereocenters. The van der Waals surface area contributed by atoms with E-state index in [-0.39, 0.29) is 0 Å². The summed E-state index contributed by atoms with van der Waals surface area (Å²) in [7, 11) is 0. The molecule has 152 valence electrons. The van der Waals surface area contributed by atoms with Gasteiger partial charge in [0.15, 0.2) is 11.5 Å². The summed E-state index contributed by atoms with van der Waals surface area (Å²) in [6.45, 7) is 4.99. The number of anilines is 2. The second kappa shape index (κ2) is 7.72. The Labute approximate surface area is 174 Å². The summed E-state index contributed by atoms with van der Waals surface area (Å²) in [5.74, 6) is 1.20. The molecule has 0 saturated carbocycles. The van der Waals surface area contributed by atoms with Crippen molar-refractivity contribution in [1.29, 1.82) is 0 Å². The van der Waals surface area contributed by atoms with E-state index in [9.17, 15) is 0 Å². The van der Waals surface area contributed by atoms with Crippen LogP contribution in [0, 0.1) is 6.92 Å². The van der Waals surface area contributed by atoms with Gasteiger partial charge in [-0.25, -0.2) is 19.5 Å². The smallest absolute Gasteiger partial charge is 0.166 e. The summed E-state index contributed by atoms with van der Waals surface area (Å²) >= 11 is 0. The van der Waals surface area contributed by atoms with Crippen LogP contribution in [0.4, 0.5) is 11.6 Å². The van der Waals surface area contributed by atoms with Gasteiger partial charge in [-0.1, -0.05) is 30.3 Å². The number of nitrogens with zero attached hydrogens (tertiary/aromatic N) is 6. The molecule has 4 aromatic rings. The first kappa shape index (κ1) is 18.5. The number of rotatable bonds is 5. The van der Waals surface area contributed by atoms with Crippen molar-refractivity contribution in [2.45, 2.75) is 25.9 Å². The minimum absolute atomic E-state index is 0.346. The molecule has 30 heavy (non-hydrogen) atoms. The maximum absolute atomic E-state index is 6.18. The van der Waals surface area contributed by atoms with Crippen LogP contribution in [0.2, 0.25) is 0 Å². The lowest BCUT2D eigenvalue weighted by molar-refractivity contribution is 0.328. The van der Waals surface area contributed by atoms with Gasteiger partial charge in [-0.2, -0.15) is 0 Å². The van der Waals surface area contributed by atoms with Crippen LogP contribution in [-0.2, 0) is 6.54 Å². The molecule has 1 aliphatic heterocycles. The first-order valence-electron chi connectivity index (χ1n) is 10.1. The Kier molecular flexibility index (Phi) is 4.76. The fourth-order valence-corrected chi connectivity index (χ4v) is 4.01. The zero-order valence-corrected chi connectivity index (χ0v) is 16.9. The van der Waals surface area contributed by atoms with E-state index in [1.165, 1.54) is 5.56 Å². The van der Waals surface area contributed by atoms with Crippen molar-refractivity contribution in [3.8, 4) is 11.3 Å². The van der Waals surface area contributed by atoms with Crippen molar-refractivity contribution < 1.29 is 0 Å². The second-order valence-electron chi connectivity index (χ2n) is 7.80. The summed E-state index contributed by atoms with van der Waals surface area (Å²) in [4.78, 5) is 15.8. The molecule has 0 aliphatic carbocycles. The first-order chi connectivity index (χ1) is 14.7. The second-order valence-corrected chi connectivity index (χ2v) is 7.80. The average molecular weight is 400 g/mol. The first-order valence-corrected chi connectivity index (χ1v) is 10.1. The predicted octanol–water partition coefficient (Wildman–Crippen LogP) is 2.76. The van der Waals surface area contributed by atoms with Gasteiger partial charge in [-0.05, 0) is 24.5 Å². The van der Waals surface area contributed by atoms with E-state index in [1.54, 1.807) is 17.0 Å². The van der Waals surface area contributed by atoms with Crippen molar-refractivity contribution in [3.05, 3.63) is 66.2 Å².